The summed E-state index contributed by atoms with van der Waals surface area (Å²) in [5.41, 5.74) is -0.457. The number of halogens is 2. The molecular formula is C16H15ClFNO2. The minimum Gasteiger partial charge on any atom is -0.324 e. The van der Waals surface area contributed by atoms with E-state index in [1.807, 2.05) is 0 Å². The monoisotopic (exact) mass is 307 g/mol. The predicted octanol–water partition coefficient (Wildman–Crippen LogP) is 3.66. The highest BCUT2D eigenvalue weighted by Crippen LogP contribution is 2.30. The molecule has 0 aromatic heterocycles. The number of para-hydroxylation sites is 1. The summed E-state index contributed by atoms with van der Waals surface area (Å²) in [7, 11) is 0. The molecule has 1 unspecified atom stereocenters. The van der Waals surface area contributed by atoms with Crippen LogP contribution in [0.2, 0.25) is 0 Å². The maximum Gasteiger partial charge on any atom is 0.239 e. The molecule has 0 aliphatic heterocycles. The van der Waals surface area contributed by atoms with E-state index in [9.17, 15) is 14.0 Å². The number of ketones is 1. The predicted molar refractivity (Wildman–Crippen MR) is 81.5 cm³/mol. The largest absolute Gasteiger partial charge is 0.324 e. The molecule has 1 N–H and O–H groups in total. The highest BCUT2D eigenvalue weighted by Gasteiger charge is 2.28. The fraction of sp³-hybridized carbons (Fsp3) is 0.250. The van der Waals surface area contributed by atoms with E-state index in [0.717, 1.165) is 0 Å². The lowest BCUT2D eigenvalue weighted by molar-refractivity contribution is -0.113. The highest BCUT2D eigenvalue weighted by molar-refractivity contribution is 6.29. The van der Waals surface area contributed by atoms with Gasteiger partial charge in [-0.3, -0.25) is 9.59 Å². The van der Waals surface area contributed by atoms with Gasteiger partial charge in [-0.1, -0.05) is 24.3 Å². The Morgan fingerprint density at radius 3 is 2.76 bits per heavy atom. The molecule has 1 aliphatic carbocycles. The van der Waals surface area contributed by atoms with Crippen LogP contribution in [0.5, 0.6) is 0 Å². The number of benzene rings is 1. The zero-order chi connectivity index (χ0) is 15.5. The summed E-state index contributed by atoms with van der Waals surface area (Å²) in [5, 5.41) is 2.57. The summed E-state index contributed by atoms with van der Waals surface area (Å²) < 4.78 is 14.0. The summed E-state index contributed by atoms with van der Waals surface area (Å²) in [6.45, 7) is 1.42. The van der Waals surface area contributed by atoms with E-state index in [4.69, 9.17) is 11.6 Å². The molecule has 1 aromatic carbocycles. The second-order valence-electron chi connectivity index (χ2n) is 5.06. The van der Waals surface area contributed by atoms with Crippen molar-refractivity contribution in [2.75, 3.05) is 11.2 Å². The molecular weight excluding hydrogens is 293 g/mol. The standard InChI is InChI=1S/C16H15ClFNO2/c1-16(18)8-4-5-11(9-16)15(21)12-6-2-3-7-13(12)19-14(20)10-17/h2-8H,9-10H2,1H3,(H,19,20). The Balaban J connectivity index is 2.30. The maximum absolute atomic E-state index is 14.0. The molecule has 0 fully saturated rings. The van der Waals surface area contributed by atoms with Crippen LogP contribution >= 0.6 is 11.6 Å². The van der Waals surface area contributed by atoms with Gasteiger partial charge in [0.15, 0.2) is 5.78 Å². The van der Waals surface area contributed by atoms with Gasteiger partial charge in [-0.25, -0.2) is 4.39 Å². The number of amides is 1. The van der Waals surface area contributed by atoms with Crippen LogP contribution in [-0.2, 0) is 4.79 Å². The number of hydrogen-bond acceptors (Lipinski definition) is 2. The molecule has 1 amide bonds. The van der Waals surface area contributed by atoms with E-state index in [1.54, 1.807) is 30.3 Å². The van der Waals surface area contributed by atoms with Crippen LogP contribution in [0.3, 0.4) is 0 Å². The van der Waals surface area contributed by atoms with Gasteiger partial charge in [0.2, 0.25) is 5.91 Å². The van der Waals surface area contributed by atoms with Gasteiger partial charge >= 0.3 is 0 Å². The number of carbonyl (C=O) groups is 2. The molecule has 1 aliphatic rings. The van der Waals surface area contributed by atoms with Crippen LogP contribution in [0.1, 0.15) is 23.7 Å². The van der Waals surface area contributed by atoms with Gasteiger partial charge in [0, 0.05) is 17.6 Å². The van der Waals surface area contributed by atoms with Crippen molar-refractivity contribution < 1.29 is 14.0 Å². The quantitative estimate of drug-likeness (QED) is 0.681. The van der Waals surface area contributed by atoms with Gasteiger partial charge in [-0.05, 0) is 25.1 Å². The SMILES string of the molecule is CC1(F)C=CC=C(C(=O)c2ccccc2NC(=O)CCl)C1. The van der Waals surface area contributed by atoms with Gasteiger partial charge in [-0.15, -0.1) is 11.6 Å². The number of rotatable bonds is 4. The third-order valence-electron chi connectivity index (χ3n) is 3.14. The van der Waals surface area contributed by atoms with Gasteiger partial charge in [-0.2, -0.15) is 0 Å². The van der Waals surface area contributed by atoms with E-state index in [1.165, 1.54) is 19.1 Å². The lowest BCUT2D eigenvalue weighted by Gasteiger charge is -2.21. The first kappa shape index (κ1) is 15.4. The minimum atomic E-state index is -1.53. The molecule has 5 heteroatoms. The second-order valence-corrected chi connectivity index (χ2v) is 5.33. The maximum atomic E-state index is 14.0. The van der Waals surface area contributed by atoms with Crippen LogP contribution < -0.4 is 5.32 Å². The summed E-state index contributed by atoms with van der Waals surface area (Å²) in [4.78, 5) is 23.9. The van der Waals surface area contributed by atoms with Crippen LogP contribution in [0.4, 0.5) is 10.1 Å². The first-order valence-electron chi connectivity index (χ1n) is 6.50. The topological polar surface area (TPSA) is 46.2 Å². The lowest BCUT2D eigenvalue weighted by Crippen LogP contribution is -2.22. The third-order valence-corrected chi connectivity index (χ3v) is 3.38. The van der Waals surface area contributed by atoms with Gasteiger partial charge in [0.1, 0.15) is 11.5 Å². The van der Waals surface area contributed by atoms with Gasteiger partial charge < -0.3 is 5.32 Å². The summed E-state index contributed by atoms with van der Waals surface area (Å²) in [6, 6.07) is 6.61. The average molecular weight is 308 g/mol. The number of alkyl halides is 2. The first-order chi connectivity index (χ1) is 9.93. The average Bonchev–Trinajstić information content (AvgIpc) is 2.46. The van der Waals surface area contributed by atoms with E-state index < -0.39 is 11.6 Å². The second kappa shape index (κ2) is 6.22. The first-order valence-corrected chi connectivity index (χ1v) is 7.03. The molecule has 0 saturated heterocycles. The van der Waals surface area contributed by atoms with Crippen molar-refractivity contribution in [2.45, 2.75) is 19.0 Å². The molecule has 0 bridgehead atoms. The molecule has 0 heterocycles. The van der Waals surface area contributed by atoms with E-state index in [2.05, 4.69) is 5.32 Å². The van der Waals surface area contributed by atoms with Crippen molar-refractivity contribution in [1.82, 2.24) is 0 Å². The fourth-order valence-corrected chi connectivity index (χ4v) is 2.22. The molecule has 1 aromatic rings. The molecule has 3 nitrogen and oxygen atoms in total. The highest BCUT2D eigenvalue weighted by atomic mass is 35.5. The van der Waals surface area contributed by atoms with Gasteiger partial charge in [0.05, 0.1) is 5.69 Å². The Morgan fingerprint density at radius 1 is 1.38 bits per heavy atom. The zero-order valence-electron chi connectivity index (χ0n) is 11.5. The Kier molecular flexibility index (Phi) is 4.58. The molecule has 0 saturated carbocycles. The molecule has 0 radical (unpaired) electrons. The fourth-order valence-electron chi connectivity index (χ4n) is 2.16. The number of hydrogen-bond donors (Lipinski definition) is 1. The normalized spacial score (nSPS) is 20.8. The van der Waals surface area contributed by atoms with Crippen molar-refractivity contribution in [1.29, 1.82) is 0 Å². The van der Waals surface area contributed by atoms with Crippen molar-refractivity contribution >= 4 is 29.0 Å². The number of nitrogens with one attached hydrogen (secondary N) is 1. The molecule has 2 rings (SSSR count). The van der Waals surface area contributed by atoms with Crippen molar-refractivity contribution in [3.8, 4) is 0 Å². The van der Waals surface area contributed by atoms with E-state index >= 15 is 0 Å². The summed E-state index contributed by atoms with van der Waals surface area (Å²) in [5.74, 6) is -0.894. The number of allylic oxidation sites excluding steroid dienone is 4. The van der Waals surface area contributed by atoms with Crippen molar-refractivity contribution in [2.24, 2.45) is 0 Å². The smallest absolute Gasteiger partial charge is 0.239 e. The Morgan fingerprint density at radius 2 is 2.10 bits per heavy atom. The lowest BCUT2D eigenvalue weighted by atomic mass is 9.88. The zero-order valence-corrected chi connectivity index (χ0v) is 12.3. The van der Waals surface area contributed by atoms with E-state index in [-0.39, 0.29) is 18.1 Å². The molecule has 110 valence electrons. The Bertz CT molecular complexity index is 635. The summed E-state index contributed by atoms with van der Waals surface area (Å²) in [6.07, 6.45) is 4.57. The van der Waals surface area contributed by atoms with Crippen molar-refractivity contribution in [3.05, 3.63) is 53.6 Å². The molecule has 0 spiro atoms. The Labute approximate surface area is 127 Å². The number of Topliss-reactive ketones (excluding diaryl/α,β-unsaturated/α-hetero) is 1. The van der Waals surface area contributed by atoms with Crippen LogP contribution in [-0.4, -0.2) is 23.2 Å². The number of anilines is 1. The number of carbonyl (C=O) groups excluding carboxylic acids is 2. The van der Waals surface area contributed by atoms with Crippen LogP contribution in [0, 0.1) is 0 Å². The van der Waals surface area contributed by atoms with E-state index in [0.29, 0.717) is 16.8 Å². The van der Waals surface area contributed by atoms with Crippen LogP contribution in [0.15, 0.2) is 48.1 Å². The molecule has 1 atom stereocenters. The van der Waals surface area contributed by atoms with Crippen LogP contribution in [0.25, 0.3) is 0 Å². The van der Waals surface area contributed by atoms with Crippen molar-refractivity contribution in [3.63, 3.8) is 0 Å². The molecule has 21 heavy (non-hydrogen) atoms. The third kappa shape index (κ3) is 3.79. The minimum absolute atomic E-state index is 0.0140. The Hall–Kier alpha value is -1.94. The summed E-state index contributed by atoms with van der Waals surface area (Å²) >= 11 is 5.45. The van der Waals surface area contributed by atoms with Gasteiger partial charge in [0.25, 0.3) is 0 Å².